The normalized spacial score (nSPS) is 12.4. The number of methoxy groups -OCH3 is 2. The summed E-state index contributed by atoms with van der Waals surface area (Å²) in [6.07, 6.45) is -0.381. The molecule has 2 rings (SSSR count). The molecule has 0 aliphatic rings. The summed E-state index contributed by atoms with van der Waals surface area (Å²) in [5.74, 6) is -0.384. The molecule has 0 heterocycles. The van der Waals surface area contributed by atoms with Gasteiger partial charge in [0.25, 0.3) is 0 Å². The third-order valence-corrected chi connectivity index (χ3v) is 4.26. The Kier molecular flexibility index (Phi) is 7.75. The summed E-state index contributed by atoms with van der Waals surface area (Å²) in [6.45, 7) is 1.91. The zero-order valence-corrected chi connectivity index (χ0v) is 16.4. The van der Waals surface area contributed by atoms with E-state index >= 15 is 0 Å². The van der Waals surface area contributed by atoms with Gasteiger partial charge in [0, 0.05) is 17.5 Å². The number of nitrogens with zero attached hydrogens (tertiary/aromatic N) is 1. The number of hydrogen-bond donors (Lipinski definition) is 0. The molecule has 0 aromatic heterocycles. The van der Waals surface area contributed by atoms with Gasteiger partial charge in [0.15, 0.2) is 0 Å². The maximum absolute atomic E-state index is 12.0. The van der Waals surface area contributed by atoms with E-state index in [0.29, 0.717) is 6.42 Å². The van der Waals surface area contributed by atoms with E-state index < -0.39 is 11.7 Å². The maximum atomic E-state index is 12.0. The molecule has 0 aliphatic carbocycles. The van der Waals surface area contributed by atoms with Crippen molar-refractivity contribution in [3.63, 3.8) is 0 Å². The Morgan fingerprint density at radius 2 is 1.43 bits per heavy atom. The van der Waals surface area contributed by atoms with Crippen LogP contribution in [0.15, 0.2) is 65.7 Å². The first-order chi connectivity index (χ1) is 13.5. The quantitative estimate of drug-likeness (QED) is 0.508. The van der Waals surface area contributed by atoms with Gasteiger partial charge in [-0.25, -0.2) is 4.79 Å². The lowest BCUT2D eigenvalue weighted by Gasteiger charge is -2.26. The molecule has 0 saturated carbocycles. The molecule has 0 saturated heterocycles. The van der Waals surface area contributed by atoms with Crippen molar-refractivity contribution in [3.8, 4) is 0 Å². The number of rotatable bonds is 8. The minimum Gasteiger partial charge on any atom is -0.469 e. The fourth-order valence-corrected chi connectivity index (χ4v) is 2.74. The van der Waals surface area contributed by atoms with Crippen LogP contribution in [0.3, 0.4) is 0 Å². The highest BCUT2D eigenvalue weighted by Crippen LogP contribution is 2.25. The van der Waals surface area contributed by atoms with Crippen LogP contribution in [-0.4, -0.2) is 44.2 Å². The van der Waals surface area contributed by atoms with Crippen molar-refractivity contribution < 1.29 is 23.8 Å². The molecule has 0 bridgehead atoms. The van der Waals surface area contributed by atoms with Crippen molar-refractivity contribution in [2.24, 2.45) is 4.99 Å². The van der Waals surface area contributed by atoms with E-state index in [2.05, 4.69) is 4.74 Å². The van der Waals surface area contributed by atoms with Gasteiger partial charge in [-0.15, -0.1) is 0 Å². The van der Waals surface area contributed by atoms with Gasteiger partial charge in [-0.3, -0.25) is 9.79 Å². The minimum absolute atomic E-state index is 0.0528. The molecule has 2 aromatic carbocycles. The average molecular weight is 383 g/mol. The number of carbonyl (C=O) groups excluding carboxylic acids is 2. The lowest BCUT2D eigenvalue weighted by atomic mass is 9.92. The Bertz CT molecular complexity index is 763. The van der Waals surface area contributed by atoms with Gasteiger partial charge in [-0.2, -0.15) is 0 Å². The minimum atomic E-state index is -0.831. The van der Waals surface area contributed by atoms with Crippen molar-refractivity contribution in [2.45, 2.75) is 25.3 Å². The monoisotopic (exact) mass is 383 g/mol. The molecule has 1 atom stereocenters. The lowest BCUT2D eigenvalue weighted by Crippen LogP contribution is -2.31. The van der Waals surface area contributed by atoms with E-state index in [4.69, 9.17) is 14.5 Å². The molecular weight excluding hydrogens is 358 g/mol. The van der Waals surface area contributed by atoms with Gasteiger partial charge >= 0.3 is 12.1 Å². The van der Waals surface area contributed by atoms with Crippen LogP contribution >= 0.6 is 0 Å². The second-order valence-electron chi connectivity index (χ2n) is 6.49. The van der Waals surface area contributed by atoms with Crippen molar-refractivity contribution in [3.05, 3.63) is 71.8 Å². The number of hydrogen-bond acceptors (Lipinski definition) is 6. The van der Waals surface area contributed by atoms with E-state index in [0.717, 1.165) is 16.8 Å². The molecule has 0 spiro atoms. The number of esters is 1. The van der Waals surface area contributed by atoms with E-state index in [1.165, 1.54) is 14.2 Å². The van der Waals surface area contributed by atoms with Gasteiger partial charge in [0.2, 0.25) is 0 Å². The maximum Gasteiger partial charge on any atom is 0.507 e. The second-order valence-corrected chi connectivity index (χ2v) is 6.49. The average Bonchev–Trinajstić information content (AvgIpc) is 2.73. The number of benzene rings is 2. The molecule has 148 valence electrons. The Morgan fingerprint density at radius 1 is 0.893 bits per heavy atom. The largest absolute Gasteiger partial charge is 0.507 e. The van der Waals surface area contributed by atoms with E-state index in [-0.39, 0.29) is 19.0 Å². The van der Waals surface area contributed by atoms with Gasteiger partial charge in [-0.1, -0.05) is 60.7 Å². The van der Waals surface area contributed by atoms with Crippen LogP contribution in [0.5, 0.6) is 0 Å². The summed E-state index contributed by atoms with van der Waals surface area (Å²) in [4.78, 5) is 28.2. The SMILES string of the molecule is COC(=O)CC(C)(CCOC(=O)OC)N=C(c1ccccc1)c1ccccc1. The first-order valence-corrected chi connectivity index (χ1v) is 8.96. The van der Waals surface area contributed by atoms with E-state index in [9.17, 15) is 9.59 Å². The van der Waals surface area contributed by atoms with Gasteiger partial charge in [0.05, 0.1) is 38.5 Å². The van der Waals surface area contributed by atoms with Crippen LogP contribution in [0.25, 0.3) is 0 Å². The predicted molar refractivity (Wildman–Crippen MR) is 107 cm³/mol. The smallest absolute Gasteiger partial charge is 0.469 e. The summed E-state index contributed by atoms with van der Waals surface area (Å²) in [6, 6.07) is 19.5. The molecule has 0 radical (unpaired) electrons. The summed E-state index contributed by atoms with van der Waals surface area (Å²) in [5, 5.41) is 0. The first kappa shape index (κ1) is 21.2. The highest BCUT2D eigenvalue weighted by atomic mass is 16.7. The third-order valence-electron chi connectivity index (χ3n) is 4.26. The van der Waals surface area contributed by atoms with Crippen LogP contribution in [0.2, 0.25) is 0 Å². The Balaban J connectivity index is 2.42. The highest BCUT2D eigenvalue weighted by Gasteiger charge is 2.29. The molecule has 0 N–H and O–H groups in total. The van der Waals surface area contributed by atoms with Crippen LogP contribution in [-0.2, 0) is 19.0 Å². The number of ether oxygens (including phenoxy) is 3. The van der Waals surface area contributed by atoms with Crippen molar-refractivity contribution in [2.75, 3.05) is 20.8 Å². The van der Waals surface area contributed by atoms with Crippen molar-refractivity contribution >= 4 is 17.8 Å². The zero-order valence-electron chi connectivity index (χ0n) is 16.4. The molecular formula is C22H25NO5. The predicted octanol–water partition coefficient (Wildman–Crippen LogP) is 4.02. The van der Waals surface area contributed by atoms with Crippen LogP contribution in [0.1, 0.15) is 30.9 Å². The first-order valence-electron chi connectivity index (χ1n) is 8.96. The molecule has 1 unspecified atom stereocenters. The van der Waals surface area contributed by atoms with Gasteiger partial charge in [0.1, 0.15) is 0 Å². The Hall–Kier alpha value is -3.15. The molecule has 6 nitrogen and oxygen atoms in total. The van der Waals surface area contributed by atoms with E-state index in [1.54, 1.807) is 0 Å². The third kappa shape index (κ3) is 6.23. The highest BCUT2D eigenvalue weighted by molar-refractivity contribution is 6.13. The number of carbonyl (C=O) groups is 2. The van der Waals surface area contributed by atoms with Crippen LogP contribution in [0.4, 0.5) is 4.79 Å². The lowest BCUT2D eigenvalue weighted by molar-refractivity contribution is -0.141. The molecule has 0 aliphatic heterocycles. The topological polar surface area (TPSA) is 74.2 Å². The zero-order chi connectivity index (χ0) is 20.4. The standard InChI is InChI=1S/C22H25NO5/c1-22(16-19(24)26-2,14-15-28-21(25)27-3)23-20(17-10-6-4-7-11-17)18-12-8-5-9-13-18/h4-13H,14-16H2,1-3H3. The van der Waals surface area contributed by atoms with Crippen molar-refractivity contribution in [1.29, 1.82) is 0 Å². The van der Waals surface area contributed by atoms with Crippen LogP contribution < -0.4 is 0 Å². The molecule has 0 fully saturated rings. The van der Waals surface area contributed by atoms with Crippen molar-refractivity contribution in [1.82, 2.24) is 0 Å². The number of aliphatic imine (C=N–C) groups is 1. The fourth-order valence-electron chi connectivity index (χ4n) is 2.74. The Morgan fingerprint density at radius 3 is 1.89 bits per heavy atom. The summed E-state index contributed by atoms with van der Waals surface area (Å²) in [7, 11) is 2.59. The van der Waals surface area contributed by atoms with E-state index in [1.807, 2.05) is 67.6 Å². The summed E-state index contributed by atoms with van der Waals surface area (Å²) < 4.78 is 14.4. The molecule has 6 heteroatoms. The Labute approximate surface area is 165 Å². The molecule has 0 amide bonds. The van der Waals surface area contributed by atoms with Gasteiger partial charge < -0.3 is 14.2 Å². The van der Waals surface area contributed by atoms with Gasteiger partial charge in [-0.05, 0) is 6.92 Å². The fraction of sp³-hybridized carbons (Fsp3) is 0.318. The molecule has 28 heavy (non-hydrogen) atoms. The second kappa shape index (κ2) is 10.3. The van der Waals surface area contributed by atoms with Crippen LogP contribution in [0, 0.1) is 0 Å². The molecule has 2 aromatic rings. The summed E-state index contributed by atoms with van der Waals surface area (Å²) >= 11 is 0. The summed E-state index contributed by atoms with van der Waals surface area (Å²) in [5.41, 5.74) is 1.78.